The average molecular weight is 775 g/mol. The van der Waals surface area contributed by atoms with Crippen LogP contribution in [0.1, 0.15) is 22.6 Å². The van der Waals surface area contributed by atoms with Gasteiger partial charge in [0.1, 0.15) is 0 Å². The molecule has 1 aliphatic rings. The van der Waals surface area contributed by atoms with E-state index in [4.69, 9.17) is 0 Å². The van der Waals surface area contributed by atoms with Gasteiger partial charge in [0.05, 0.1) is 0 Å². The first-order valence-electron chi connectivity index (χ1n) is 19.8. The van der Waals surface area contributed by atoms with Crippen molar-refractivity contribution in [2.75, 3.05) is 0 Å². The van der Waals surface area contributed by atoms with Gasteiger partial charge in [0.2, 0.25) is 0 Å². The molecule has 0 nitrogen and oxygen atoms in total. The topological polar surface area (TPSA) is 0 Å². The van der Waals surface area contributed by atoms with Crippen LogP contribution in [0.5, 0.6) is 0 Å². The van der Waals surface area contributed by atoms with Crippen LogP contribution in [0.25, 0.3) is 97.2 Å². The lowest BCUT2D eigenvalue weighted by molar-refractivity contribution is 0.906. The summed E-state index contributed by atoms with van der Waals surface area (Å²) in [6.07, 6.45) is 8.59. The number of benzene rings is 9. The summed E-state index contributed by atoms with van der Waals surface area (Å²) in [5, 5.41) is 13.0. The molecule has 2 atom stereocenters. The van der Waals surface area contributed by atoms with Crippen molar-refractivity contribution in [3.05, 3.63) is 212 Å². The number of allylic oxidation sites excluding steroid dienone is 3. The first kappa shape index (κ1) is 34.8. The van der Waals surface area contributed by atoms with Crippen LogP contribution in [0.4, 0.5) is 0 Å². The van der Waals surface area contributed by atoms with Gasteiger partial charge in [-0.2, -0.15) is 0 Å². The fourth-order valence-electron chi connectivity index (χ4n) is 9.33. The van der Waals surface area contributed by atoms with Gasteiger partial charge in [-0.25, -0.2) is 0 Å². The van der Waals surface area contributed by atoms with Crippen molar-refractivity contribution in [2.24, 2.45) is 0 Å². The Kier molecular flexibility index (Phi) is 8.32. The molecule has 0 aliphatic carbocycles. The Morgan fingerprint density at radius 3 is 2.00 bits per heavy atom. The highest BCUT2D eigenvalue weighted by atomic mass is 32.2. The van der Waals surface area contributed by atoms with Crippen molar-refractivity contribution in [2.45, 2.75) is 16.1 Å². The molecule has 0 fully saturated rings. The summed E-state index contributed by atoms with van der Waals surface area (Å²) < 4.78 is 2.67. The third-order valence-electron chi connectivity index (χ3n) is 12.0. The van der Waals surface area contributed by atoms with Gasteiger partial charge in [-0.3, -0.25) is 0 Å². The molecule has 10 aromatic rings. The fraction of sp³-hybridized carbons (Fsp3) is 0.0357. The van der Waals surface area contributed by atoms with Crippen LogP contribution < -0.4 is 0 Å². The largest absolute Gasteiger partial charge is 0.135 e. The monoisotopic (exact) mass is 774 g/mol. The van der Waals surface area contributed by atoms with E-state index in [1.165, 1.54) is 102 Å². The van der Waals surface area contributed by atoms with E-state index in [-0.39, 0.29) is 5.92 Å². The molecule has 2 heteroatoms. The number of rotatable bonds is 7. The Morgan fingerprint density at radius 1 is 0.534 bits per heavy atom. The maximum absolute atomic E-state index is 4.69. The molecule has 2 heterocycles. The maximum atomic E-state index is 4.69. The van der Waals surface area contributed by atoms with Gasteiger partial charge in [0, 0.05) is 41.6 Å². The molecule has 0 saturated carbocycles. The molecule has 0 saturated heterocycles. The predicted molar refractivity (Wildman–Crippen MR) is 258 cm³/mol. The summed E-state index contributed by atoms with van der Waals surface area (Å²) in [5.41, 5.74) is 9.61. The van der Waals surface area contributed by atoms with E-state index in [0.717, 1.165) is 11.1 Å². The lowest BCUT2D eigenvalue weighted by atomic mass is 9.85. The highest BCUT2D eigenvalue weighted by Gasteiger charge is 2.32. The van der Waals surface area contributed by atoms with Gasteiger partial charge >= 0.3 is 0 Å². The smallest absolute Gasteiger partial charge is 0.0437 e. The molecule has 274 valence electrons. The summed E-state index contributed by atoms with van der Waals surface area (Å²) in [6.45, 7) is 13.1. The zero-order valence-corrected chi connectivity index (χ0v) is 33.5. The molecule has 1 aliphatic heterocycles. The van der Waals surface area contributed by atoms with Gasteiger partial charge < -0.3 is 0 Å². The zero-order valence-electron chi connectivity index (χ0n) is 31.9. The molecule has 0 N–H and O–H groups in total. The Hall–Kier alpha value is -6.45. The third kappa shape index (κ3) is 5.51. The fourth-order valence-corrected chi connectivity index (χ4v) is 11.9. The minimum Gasteiger partial charge on any atom is -0.135 e. The van der Waals surface area contributed by atoms with Gasteiger partial charge in [0.25, 0.3) is 0 Å². The van der Waals surface area contributed by atoms with Gasteiger partial charge in [-0.1, -0.05) is 158 Å². The molecule has 2 unspecified atom stereocenters. The molecule has 0 amide bonds. The van der Waals surface area contributed by atoms with Gasteiger partial charge in [-0.15, -0.1) is 36.3 Å². The normalized spacial score (nSPS) is 15.3. The predicted octanol–water partition coefficient (Wildman–Crippen LogP) is 16.7. The van der Waals surface area contributed by atoms with Crippen molar-refractivity contribution in [1.82, 2.24) is 0 Å². The van der Waals surface area contributed by atoms with E-state index in [0.29, 0.717) is 5.25 Å². The van der Waals surface area contributed by atoms with Crippen LogP contribution in [0, 0.1) is 0 Å². The minimum atomic E-state index is 0.256. The van der Waals surface area contributed by atoms with Crippen LogP contribution in [0.3, 0.4) is 0 Å². The Bertz CT molecular complexity index is 3340. The second-order valence-corrected chi connectivity index (χ2v) is 17.6. The first-order valence-corrected chi connectivity index (χ1v) is 21.5. The quantitative estimate of drug-likeness (QED) is 0.0883. The standard InChI is InChI=1S/C56H38S2/c1-4-42-49(5-2)57-51-30-26-37-25-28-47-48-33-40(27-29-50(48)58-56(47)54(37)55(42)51)38-16-12-13-35(31-38)22-21-34(3)52-43-17-8-10-19-45(43)53(46-20-11-9-18-44(46)52)41-24-23-36-14-6-7-15-39(36)32-41/h4-33,42,49H,1-3H2/b22-21-. The van der Waals surface area contributed by atoms with Crippen LogP contribution in [-0.4, -0.2) is 5.25 Å². The lowest BCUT2D eigenvalue weighted by Gasteiger charge is -2.18. The summed E-state index contributed by atoms with van der Waals surface area (Å²) in [5.74, 6) is 0.256. The summed E-state index contributed by atoms with van der Waals surface area (Å²) in [7, 11) is 0. The highest BCUT2D eigenvalue weighted by Crippen LogP contribution is 2.52. The van der Waals surface area contributed by atoms with Crippen molar-refractivity contribution >= 4 is 98.0 Å². The van der Waals surface area contributed by atoms with Crippen LogP contribution in [0.2, 0.25) is 0 Å². The molecular weight excluding hydrogens is 737 g/mol. The number of thiophene rings is 1. The van der Waals surface area contributed by atoms with E-state index in [1.54, 1.807) is 0 Å². The number of hydrogen-bond donors (Lipinski definition) is 0. The second kappa shape index (κ2) is 13.9. The van der Waals surface area contributed by atoms with Crippen molar-refractivity contribution in [3.63, 3.8) is 0 Å². The van der Waals surface area contributed by atoms with Crippen molar-refractivity contribution in [3.8, 4) is 22.3 Å². The Morgan fingerprint density at radius 2 is 1.22 bits per heavy atom. The van der Waals surface area contributed by atoms with Crippen LogP contribution >= 0.6 is 23.1 Å². The molecule has 11 rings (SSSR count). The summed E-state index contributed by atoms with van der Waals surface area (Å²) in [6, 6.07) is 58.0. The lowest BCUT2D eigenvalue weighted by Crippen LogP contribution is -2.03. The summed E-state index contributed by atoms with van der Waals surface area (Å²) in [4.78, 5) is 1.35. The summed E-state index contributed by atoms with van der Waals surface area (Å²) >= 11 is 3.81. The molecule has 1 aromatic heterocycles. The first-order chi connectivity index (χ1) is 28.6. The Labute approximate surface area is 346 Å². The molecule has 9 aromatic carbocycles. The van der Waals surface area contributed by atoms with E-state index in [1.807, 2.05) is 23.1 Å². The zero-order chi connectivity index (χ0) is 38.9. The Balaban J connectivity index is 0.969. The number of fused-ring (bicyclic) bond motifs is 10. The SMILES string of the molecule is C=CC1Sc2ccc3ccc4c5cc(-c6cccc(/C=C\C(=C)c7c8ccccc8c(-c8ccc9ccccc9c8)c8ccccc78)c6)ccc5sc4c3c2C1C=C. The van der Waals surface area contributed by atoms with Crippen LogP contribution in [-0.2, 0) is 0 Å². The van der Waals surface area contributed by atoms with Crippen molar-refractivity contribution in [1.29, 1.82) is 0 Å². The van der Waals surface area contributed by atoms with E-state index in [2.05, 4.69) is 202 Å². The van der Waals surface area contributed by atoms with Gasteiger partial charge in [-0.05, 0) is 113 Å². The molecule has 0 bridgehead atoms. The number of hydrogen-bond acceptors (Lipinski definition) is 2. The van der Waals surface area contributed by atoms with Gasteiger partial charge in [0.15, 0.2) is 0 Å². The van der Waals surface area contributed by atoms with Crippen LogP contribution in [0.15, 0.2) is 201 Å². The average Bonchev–Trinajstić information content (AvgIpc) is 3.85. The van der Waals surface area contributed by atoms with E-state index in [9.17, 15) is 0 Å². The molecule has 58 heavy (non-hydrogen) atoms. The molecule has 0 spiro atoms. The second-order valence-electron chi connectivity index (χ2n) is 15.3. The molecule has 0 radical (unpaired) electrons. The highest BCUT2D eigenvalue weighted by molar-refractivity contribution is 8.00. The van der Waals surface area contributed by atoms with Crippen molar-refractivity contribution < 1.29 is 0 Å². The third-order valence-corrected chi connectivity index (χ3v) is 14.6. The molecular formula is C56H38S2. The van der Waals surface area contributed by atoms with E-state index < -0.39 is 0 Å². The maximum Gasteiger partial charge on any atom is 0.0437 e. The van der Waals surface area contributed by atoms with E-state index >= 15 is 0 Å². The minimum absolute atomic E-state index is 0.256. The number of thioether (sulfide) groups is 1.